The molecule has 1 fully saturated rings. The SMILES string of the molecule is CN(C(N)=NCC(O)c1ccccc1F)C1CC1. The lowest BCUT2D eigenvalue weighted by Gasteiger charge is -2.17. The van der Waals surface area contributed by atoms with Crippen molar-refractivity contribution in [3.8, 4) is 0 Å². The second kappa shape index (κ2) is 5.35. The van der Waals surface area contributed by atoms with Crippen molar-refractivity contribution in [1.29, 1.82) is 0 Å². The Balaban J connectivity index is 1.97. The third-order valence-corrected chi connectivity index (χ3v) is 3.15. The van der Waals surface area contributed by atoms with Gasteiger partial charge in [-0.1, -0.05) is 18.2 Å². The largest absolute Gasteiger partial charge is 0.386 e. The summed E-state index contributed by atoms with van der Waals surface area (Å²) in [6.07, 6.45) is 1.29. The smallest absolute Gasteiger partial charge is 0.191 e. The Hall–Kier alpha value is -1.62. The van der Waals surface area contributed by atoms with E-state index in [2.05, 4.69) is 4.99 Å². The summed E-state index contributed by atoms with van der Waals surface area (Å²) in [6, 6.07) is 6.62. The van der Waals surface area contributed by atoms with Gasteiger partial charge in [-0.25, -0.2) is 4.39 Å². The molecule has 98 valence electrons. The Labute approximate surface area is 106 Å². The number of hydrogen-bond donors (Lipinski definition) is 2. The minimum absolute atomic E-state index is 0.0732. The minimum Gasteiger partial charge on any atom is -0.386 e. The van der Waals surface area contributed by atoms with E-state index in [1.807, 2.05) is 11.9 Å². The fourth-order valence-corrected chi connectivity index (χ4v) is 1.78. The van der Waals surface area contributed by atoms with Crippen LogP contribution in [0.5, 0.6) is 0 Å². The third kappa shape index (κ3) is 2.98. The van der Waals surface area contributed by atoms with E-state index in [0.29, 0.717) is 12.0 Å². The number of aliphatic hydroxyl groups is 1. The Morgan fingerprint density at radius 3 is 2.83 bits per heavy atom. The fraction of sp³-hybridized carbons (Fsp3) is 0.462. The first-order valence-electron chi connectivity index (χ1n) is 6.05. The molecule has 1 unspecified atom stereocenters. The van der Waals surface area contributed by atoms with Gasteiger partial charge in [0.15, 0.2) is 5.96 Å². The second-order valence-corrected chi connectivity index (χ2v) is 4.58. The van der Waals surface area contributed by atoms with Crippen LogP contribution in [0.2, 0.25) is 0 Å². The summed E-state index contributed by atoms with van der Waals surface area (Å²) in [6.45, 7) is 0.0732. The van der Waals surface area contributed by atoms with Crippen LogP contribution in [-0.4, -0.2) is 35.6 Å². The van der Waals surface area contributed by atoms with Gasteiger partial charge in [0.25, 0.3) is 0 Å². The molecule has 0 spiro atoms. The van der Waals surface area contributed by atoms with Gasteiger partial charge >= 0.3 is 0 Å². The normalized spacial score (nSPS) is 17.6. The zero-order valence-corrected chi connectivity index (χ0v) is 10.4. The molecule has 0 saturated heterocycles. The highest BCUT2D eigenvalue weighted by atomic mass is 19.1. The molecule has 18 heavy (non-hydrogen) atoms. The number of rotatable bonds is 4. The van der Waals surface area contributed by atoms with Gasteiger partial charge in [-0.15, -0.1) is 0 Å². The van der Waals surface area contributed by atoms with Crippen LogP contribution >= 0.6 is 0 Å². The number of hydrogen-bond acceptors (Lipinski definition) is 2. The predicted octanol–water partition coefficient (Wildman–Crippen LogP) is 1.27. The molecule has 5 heteroatoms. The molecule has 1 aromatic rings. The average molecular weight is 251 g/mol. The van der Waals surface area contributed by atoms with Crippen LogP contribution in [0.4, 0.5) is 4.39 Å². The standard InChI is InChI=1S/C13H18FN3O/c1-17(9-6-7-9)13(15)16-8-12(18)10-4-2-3-5-11(10)14/h2-5,9,12,18H,6-8H2,1H3,(H2,15,16). The summed E-state index contributed by atoms with van der Waals surface area (Å²) in [4.78, 5) is 6.00. The van der Waals surface area contributed by atoms with Crippen molar-refractivity contribution in [2.75, 3.05) is 13.6 Å². The highest BCUT2D eigenvalue weighted by Gasteiger charge is 2.27. The number of nitrogens with zero attached hydrogens (tertiary/aromatic N) is 2. The van der Waals surface area contributed by atoms with Crippen molar-refractivity contribution >= 4 is 5.96 Å². The van der Waals surface area contributed by atoms with Crippen LogP contribution in [0, 0.1) is 5.82 Å². The summed E-state index contributed by atoms with van der Waals surface area (Å²) in [5, 5.41) is 9.87. The van der Waals surface area contributed by atoms with E-state index in [-0.39, 0.29) is 12.1 Å². The van der Waals surface area contributed by atoms with Gasteiger partial charge in [-0.05, 0) is 18.9 Å². The molecule has 4 nitrogen and oxygen atoms in total. The molecule has 2 rings (SSSR count). The first-order chi connectivity index (χ1) is 8.59. The van der Waals surface area contributed by atoms with Crippen LogP contribution in [0.15, 0.2) is 29.3 Å². The summed E-state index contributed by atoms with van der Waals surface area (Å²) < 4.78 is 13.4. The van der Waals surface area contributed by atoms with E-state index >= 15 is 0 Å². The molecule has 0 amide bonds. The number of aliphatic imine (C=N–C) groups is 1. The Morgan fingerprint density at radius 2 is 2.22 bits per heavy atom. The summed E-state index contributed by atoms with van der Waals surface area (Å²) in [5.74, 6) is -0.0257. The summed E-state index contributed by atoms with van der Waals surface area (Å²) >= 11 is 0. The molecule has 0 bridgehead atoms. The van der Waals surface area contributed by atoms with Gasteiger partial charge < -0.3 is 15.7 Å². The predicted molar refractivity (Wildman–Crippen MR) is 68.6 cm³/mol. The van der Waals surface area contributed by atoms with Gasteiger partial charge in [0, 0.05) is 18.7 Å². The van der Waals surface area contributed by atoms with Crippen LogP contribution < -0.4 is 5.73 Å². The van der Waals surface area contributed by atoms with Gasteiger partial charge in [0.05, 0.1) is 6.54 Å². The molecule has 1 aromatic carbocycles. The number of halogens is 1. The van der Waals surface area contributed by atoms with E-state index in [1.165, 1.54) is 6.07 Å². The molecule has 1 saturated carbocycles. The minimum atomic E-state index is -0.961. The van der Waals surface area contributed by atoms with Gasteiger partial charge in [0.2, 0.25) is 0 Å². The van der Waals surface area contributed by atoms with Crippen molar-refractivity contribution in [2.24, 2.45) is 10.7 Å². The van der Waals surface area contributed by atoms with Crippen LogP contribution in [-0.2, 0) is 0 Å². The zero-order chi connectivity index (χ0) is 13.1. The third-order valence-electron chi connectivity index (χ3n) is 3.15. The lowest BCUT2D eigenvalue weighted by Crippen LogP contribution is -2.36. The van der Waals surface area contributed by atoms with Crippen molar-refractivity contribution in [3.63, 3.8) is 0 Å². The number of benzene rings is 1. The van der Waals surface area contributed by atoms with Gasteiger partial charge in [-0.2, -0.15) is 0 Å². The molecule has 0 aromatic heterocycles. The van der Waals surface area contributed by atoms with E-state index < -0.39 is 11.9 Å². The molecule has 1 aliphatic rings. The lowest BCUT2D eigenvalue weighted by molar-refractivity contribution is 0.182. The first-order valence-corrected chi connectivity index (χ1v) is 6.05. The second-order valence-electron chi connectivity index (χ2n) is 4.58. The van der Waals surface area contributed by atoms with Gasteiger partial charge in [-0.3, -0.25) is 4.99 Å². The van der Waals surface area contributed by atoms with Gasteiger partial charge in [0.1, 0.15) is 11.9 Å². The average Bonchev–Trinajstić information content (AvgIpc) is 3.19. The monoisotopic (exact) mass is 251 g/mol. The van der Waals surface area contributed by atoms with E-state index in [4.69, 9.17) is 5.73 Å². The Bertz CT molecular complexity index is 446. The molecule has 3 N–H and O–H groups in total. The van der Waals surface area contributed by atoms with Crippen LogP contribution in [0.1, 0.15) is 24.5 Å². The number of nitrogens with two attached hydrogens (primary N) is 1. The zero-order valence-electron chi connectivity index (χ0n) is 10.4. The van der Waals surface area contributed by atoms with Crippen LogP contribution in [0.3, 0.4) is 0 Å². The Morgan fingerprint density at radius 1 is 1.56 bits per heavy atom. The summed E-state index contributed by atoms with van der Waals surface area (Å²) in [7, 11) is 1.88. The molecule has 0 aliphatic heterocycles. The molecule has 0 heterocycles. The van der Waals surface area contributed by atoms with E-state index in [9.17, 15) is 9.50 Å². The fourth-order valence-electron chi connectivity index (χ4n) is 1.78. The quantitative estimate of drug-likeness (QED) is 0.625. The molecule has 1 atom stereocenters. The number of guanidine groups is 1. The topological polar surface area (TPSA) is 61.8 Å². The molecule has 1 aliphatic carbocycles. The van der Waals surface area contributed by atoms with E-state index in [0.717, 1.165) is 12.8 Å². The maximum Gasteiger partial charge on any atom is 0.191 e. The molecular weight excluding hydrogens is 233 g/mol. The Kier molecular flexibility index (Phi) is 3.81. The highest BCUT2D eigenvalue weighted by molar-refractivity contribution is 5.78. The molecule has 0 radical (unpaired) electrons. The maximum absolute atomic E-state index is 13.4. The van der Waals surface area contributed by atoms with Crippen molar-refractivity contribution in [3.05, 3.63) is 35.6 Å². The highest BCUT2D eigenvalue weighted by Crippen LogP contribution is 2.25. The first kappa shape index (κ1) is 12.8. The van der Waals surface area contributed by atoms with E-state index in [1.54, 1.807) is 18.2 Å². The van der Waals surface area contributed by atoms with Crippen molar-refractivity contribution in [1.82, 2.24) is 4.90 Å². The maximum atomic E-state index is 13.4. The lowest BCUT2D eigenvalue weighted by atomic mass is 10.1. The van der Waals surface area contributed by atoms with Crippen molar-refractivity contribution in [2.45, 2.75) is 25.0 Å². The van der Waals surface area contributed by atoms with Crippen LogP contribution in [0.25, 0.3) is 0 Å². The molecular formula is C13H18FN3O. The number of aliphatic hydroxyl groups excluding tert-OH is 1. The van der Waals surface area contributed by atoms with Crippen molar-refractivity contribution < 1.29 is 9.50 Å². The summed E-state index contributed by atoms with van der Waals surface area (Å²) in [5.41, 5.74) is 6.05.